The average Bonchev–Trinajstić information content (AvgIpc) is 2.61. The topological polar surface area (TPSA) is 26.7 Å². The molecule has 128 valence electrons. The summed E-state index contributed by atoms with van der Waals surface area (Å²) in [5.41, 5.74) is 1.18. The summed E-state index contributed by atoms with van der Waals surface area (Å²) in [5, 5.41) is 11.1. The first-order valence-corrected chi connectivity index (χ1v) is 9.66. The van der Waals surface area contributed by atoms with Crippen LogP contribution in [0.1, 0.15) is 0 Å². The third kappa shape index (κ3) is 5.15. The molecule has 1 N–H and O–H groups in total. The predicted octanol–water partition coefficient (Wildman–Crippen LogP) is 3.62. The maximum absolute atomic E-state index is 10.3. The molecule has 3 nitrogen and oxygen atoms in total. The molecule has 0 aliphatic carbocycles. The highest BCUT2D eigenvalue weighted by atomic mass is 35.5. The molecule has 0 bridgehead atoms. The van der Waals surface area contributed by atoms with Crippen molar-refractivity contribution >= 4 is 29.1 Å². The Labute approximate surface area is 153 Å². The average molecular weight is 363 g/mol. The lowest BCUT2D eigenvalue weighted by Crippen LogP contribution is -2.48. The van der Waals surface area contributed by atoms with Crippen molar-refractivity contribution < 1.29 is 5.11 Å². The van der Waals surface area contributed by atoms with E-state index in [2.05, 4.69) is 28.0 Å². The van der Waals surface area contributed by atoms with Gasteiger partial charge in [0.05, 0.1) is 6.10 Å². The summed E-state index contributed by atoms with van der Waals surface area (Å²) in [5.74, 6) is 0.735. The molecule has 0 aromatic heterocycles. The summed E-state index contributed by atoms with van der Waals surface area (Å²) >= 11 is 7.79. The van der Waals surface area contributed by atoms with Gasteiger partial charge < -0.3 is 10.0 Å². The normalized spacial score (nSPS) is 17.0. The third-order valence-corrected chi connectivity index (χ3v) is 5.59. The molecule has 0 amide bonds. The highest BCUT2D eigenvalue weighted by molar-refractivity contribution is 7.99. The van der Waals surface area contributed by atoms with Gasteiger partial charge in [-0.15, -0.1) is 11.8 Å². The van der Waals surface area contributed by atoms with Gasteiger partial charge in [0.15, 0.2) is 0 Å². The van der Waals surface area contributed by atoms with E-state index >= 15 is 0 Å². The zero-order chi connectivity index (χ0) is 16.8. The number of thioether (sulfide) groups is 1. The summed E-state index contributed by atoms with van der Waals surface area (Å²) in [6.07, 6.45) is -0.298. The second kappa shape index (κ2) is 8.77. The summed E-state index contributed by atoms with van der Waals surface area (Å²) in [4.78, 5) is 5.91. The lowest BCUT2D eigenvalue weighted by molar-refractivity contribution is 0.126. The smallest absolute Gasteiger partial charge is 0.0760 e. The minimum atomic E-state index is -0.298. The molecule has 1 aliphatic rings. The van der Waals surface area contributed by atoms with Gasteiger partial charge in [0.2, 0.25) is 0 Å². The molecule has 0 radical (unpaired) electrons. The maximum atomic E-state index is 10.3. The zero-order valence-electron chi connectivity index (χ0n) is 13.6. The van der Waals surface area contributed by atoms with Crippen LogP contribution in [0.2, 0.25) is 5.02 Å². The molecule has 3 rings (SSSR count). The van der Waals surface area contributed by atoms with Gasteiger partial charge in [0, 0.05) is 54.1 Å². The highest BCUT2D eigenvalue weighted by Crippen LogP contribution is 2.21. The van der Waals surface area contributed by atoms with Crippen molar-refractivity contribution in [2.75, 3.05) is 43.4 Å². The Morgan fingerprint density at radius 2 is 1.75 bits per heavy atom. The molecule has 1 saturated heterocycles. The Kier molecular flexibility index (Phi) is 6.44. The van der Waals surface area contributed by atoms with Crippen LogP contribution in [0.25, 0.3) is 0 Å². The molecular weight excluding hydrogens is 340 g/mol. The third-order valence-electron chi connectivity index (χ3n) is 4.20. The lowest BCUT2D eigenvalue weighted by Gasteiger charge is -2.37. The Morgan fingerprint density at radius 3 is 2.46 bits per heavy atom. The summed E-state index contributed by atoms with van der Waals surface area (Å²) in [6.45, 7) is 4.63. The van der Waals surface area contributed by atoms with Crippen molar-refractivity contribution in [1.82, 2.24) is 4.90 Å². The van der Waals surface area contributed by atoms with E-state index in [-0.39, 0.29) is 6.10 Å². The first-order valence-electron chi connectivity index (χ1n) is 8.29. The number of β-amino-alcohol motifs (C(OH)–C–C–N with tert-alkyl or cyclic N) is 1. The standard InChI is InChI=1S/C19H23ClN2OS/c20-16-5-4-6-17(13-16)22-11-9-21(10-12-22)14-18(23)15-24-19-7-2-1-3-8-19/h1-8,13,18,23H,9-12,14-15H2/t18-/m0/s1. The van der Waals surface area contributed by atoms with E-state index in [0.29, 0.717) is 0 Å². The molecule has 0 spiro atoms. The number of aliphatic hydroxyl groups excluding tert-OH is 1. The van der Waals surface area contributed by atoms with E-state index in [1.165, 1.54) is 10.6 Å². The van der Waals surface area contributed by atoms with Gasteiger partial charge in [0.1, 0.15) is 0 Å². The SMILES string of the molecule is O[C@H](CSc1ccccc1)CN1CCN(c2cccc(Cl)c2)CC1. The fraction of sp³-hybridized carbons (Fsp3) is 0.368. The van der Waals surface area contributed by atoms with E-state index in [9.17, 15) is 5.11 Å². The van der Waals surface area contributed by atoms with Crippen molar-refractivity contribution in [3.05, 3.63) is 59.6 Å². The maximum Gasteiger partial charge on any atom is 0.0760 e. The largest absolute Gasteiger partial charge is 0.391 e. The van der Waals surface area contributed by atoms with Crippen LogP contribution >= 0.6 is 23.4 Å². The number of piperazine rings is 1. The minimum Gasteiger partial charge on any atom is -0.391 e. The van der Waals surface area contributed by atoms with Crippen molar-refractivity contribution in [3.8, 4) is 0 Å². The number of benzene rings is 2. The van der Waals surface area contributed by atoms with Gasteiger partial charge in [0.25, 0.3) is 0 Å². The quantitative estimate of drug-likeness (QED) is 0.794. The zero-order valence-corrected chi connectivity index (χ0v) is 15.2. The van der Waals surface area contributed by atoms with E-state index in [1.54, 1.807) is 11.8 Å². The lowest BCUT2D eigenvalue weighted by atomic mass is 10.2. The molecule has 0 unspecified atom stereocenters. The molecule has 0 saturated carbocycles. The minimum absolute atomic E-state index is 0.298. The Hall–Kier alpha value is -1.20. The van der Waals surface area contributed by atoms with Crippen molar-refractivity contribution in [3.63, 3.8) is 0 Å². The van der Waals surface area contributed by atoms with Crippen LogP contribution in [0.5, 0.6) is 0 Å². The summed E-state index contributed by atoms with van der Waals surface area (Å²) in [6, 6.07) is 18.3. The van der Waals surface area contributed by atoms with E-state index < -0.39 is 0 Å². The van der Waals surface area contributed by atoms with Gasteiger partial charge in [-0.1, -0.05) is 35.9 Å². The van der Waals surface area contributed by atoms with E-state index in [0.717, 1.165) is 43.5 Å². The summed E-state index contributed by atoms with van der Waals surface area (Å²) < 4.78 is 0. The molecular formula is C19H23ClN2OS. The second-order valence-corrected chi connectivity index (χ2v) is 7.58. The Balaban J connectivity index is 1.42. The van der Waals surface area contributed by atoms with Crippen molar-refractivity contribution in [1.29, 1.82) is 0 Å². The number of hydrogen-bond acceptors (Lipinski definition) is 4. The van der Waals surface area contributed by atoms with Gasteiger partial charge in [-0.2, -0.15) is 0 Å². The summed E-state index contributed by atoms with van der Waals surface area (Å²) in [7, 11) is 0. The van der Waals surface area contributed by atoms with Crippen LogP contribution < -0.4 is 4.90 Å². The molecule has 1 heterocycles. The molecule has 2 aromatic rings. The van der Waals surface area contributed by atoms with Gasteiger partial charge in [-0.3, -0.25) is 4.90 Å². The fourth-order valence-electron chi connectivity index (χ4n) is 2.92. The Bertz CT molecular complexity index is 632. The molecule has 24 heavy (non-hydrogen) atoms. The molecule has 1 fully saturated rings. The molecule has 5 heteroatoms. The van der Waals surface area contributed by atoms with Crippen LogP contribution in [0.3, 0.4) is 0 Å². The number of hydrogen-bond donors (Lipinski definition) is 1. The van der Waals surface area contributed by atoms with E-state index in [1.807, 2.05) is 36.4 Å². The molecule has 1 atom stereocenters. The Morgan fingerprint density at radius 1 is 1.00 bits per heavy atom. The van der Waals surface area contributed by atoms with E-state index in [4.69, 9.17) is 11.6 Å². The first kappa shape index (κ1) is 17.6. The van der Waals surface area contributed by atoms with Crippen LogP contribution in [0.15, 0.2) is 59.5 Å². The number of halogens is 1. The molecule has 2 aromatic carbocycles. The number of aliphatic hydroxyl groups is 1. The highest BCUT2D eigenvalue weighted by Gasteiger charge is 2.19. The first-order chi connectivity index (χ1) is 11.7. The second-order valence-electron chi connectivity index (χ2n) is 6.05. The van der Waals surface area contributed by atoms with Gasteiger partial charge in [-0.25, -0.2) is 0 Å². The van der Waals surface area contributed by atoms with Crippen LogP contribution in [-0.2, 0) is 0 Å². The predicted molar refractivity (Wildman–Crippen MR) is 103 cm³/mol. The monoisotopic (exact) mass is 362 g/mol. The van der Waals surface area contributed by atoms with Crippen molar-refractivity contribution in [2.45, 2.75) is 11.0 Å². The number of nitrogens with zero attached hydrogens (tertiary/aromatic N) is 2. The number of anilines is 1. The van der Waals surface area contributed by atoms with Gasteiger partial charge >= 0.3 is 0 Å². The van der Waals surface area contributed by atoms with Crippen LogP contribution in [0.4, 0.5) is 5.69 Å². The number of rotatable bonds is 6. The van der Waals surface area contributed by atoms with Crippen molar-refractivity contribution in [2.24, 2.45) is 0 Å². The molecule has 1 aliphatic heterocycles. The fourth-order valence-corrected chi connectivity index (χ4v) is 3.95. The van der Waals surface area contributed by atoms with Crippen LogP contribution in [-0.4, -0.2) is 54.6 Å². The van der Waals surface area contributed by atoms with Gasteiger partial charge in [-0.05, 0) is 30.3 Å². The van der Waals surface area contributed by atoms with Crippen LogP contribution in [0, 0.1) is 0 Å².